The minimum absolute atomic E-state index is 0.0709. The summed E-state index contributed by atoms with van der Waals surface area (Å²) in [6, 6.07) is -0.976. The van der Waals surface area contributed by atoms with Crippen molar-refractivity contribution in [1.29, 1.82) is 0 Å². The molecular weight excluding hydrogens is 240 g/mol. The number of ether oxygens (including phenoxy) is 1. The third-order valence-corrected chi connectivity index (χ3v) is 3.30. The number of likely N-dealkylation sites (tertiary alicyclic amines) is 1. The highest BCUT2D eigenvalue weighted by Crippen LogP contribution is 2.19. The van der Waals surface area contributed by atoms with Crippen LogP contribution in [-0.2, 0) is 14.3 Å². The Morgan fingerprint density at radius 1 is 1.44 bits per heavy atom. The molecule has 0 saturated carbocycles. The van der Waals surface area contributed by atoms with Crippen LogP contribution in [0.15, 0.2) is 0 Å². The van der Waals surface area contributed by atoms with Crippen LogP contribution in [0.5, 0.6) is 0 Å². The van der Waals surface area contributed by atoms with E-state index in [0.717, 1.165) is 0 Å². The number of aliphatic hydroxyl groups excluding tert-OH is 1. The zero-order valence-electron chi connectivity index (χ0n) is 10.0. The number of hydrogen-bond donors (Lipinski definition) is 3. The molecule has 2 saturated heterocycles. The average Bonchev–Trinajstić information content (AvgIpc) is 2.73. The second-order valence-electron chi connectivity index (χ2n) is 4.72. The topological polar surface area (TPSA) is 99.1 Å². The smallest absolute Gasteiger partial charge is 0.326 e. The Morgan fingerprint density at radius 3 is 2.83 bits per heavy atom. The maximum absolute atomic E-state index is 12.0. The van der Waals surface area contributed by atoms with E-state index in [1.807, 2.05) is 0 Å². The van der Waals surface area contributed by atoms with E-state index in [0.29, 0.717) is 19.8 Å². The molecule has 18 heavy (non-hydrogen) atoms. The number of carbonyl (C=O) groups excluding carboxylic acids is 1. The van der Waals surface area contributed by atoms with Gasteiger partial charge < -0.3 is 25.2 Å². The average molecular weight is 258 g/mol. The van der Waals surface area contributed by atoms with E-state index in [2.05, 4.69) is 5.32 Å². The van der Waals surface area contributed by atoms with Crippen LogP contribution in [-0.4, -0.2) is 71.5 Å². The lowest BCUT2D eigenvalue weighted by atomic mass is 10.1. The third-order valence-electron chi connectivity index (χ3n) is 3.30. The van der Waals surface area contributed by atoms with Crippen molar-refractivity contribution in [3.63, 3.8) is 0 Å². The van der Waals surface area contributed by atoms with Crippen LogP contribution in [0, 0.1) is 0 Å². The predicted molar refractivity (Wildman–Crippen MR) is 61.0 cm³/mol. The summed E-state index contributed by atoms with van der Waals surface area (Å²) in [5.41, 5.74) is 0. The molecule has 7 nitrogen and oxygen atoms in total. The first-order valence-electron chi connectivity index (χ1n) is 6.09. The normalized spacial score (nSPS) is 32.5. The second kappa shape index (κ2) is 5.64. The zero-order valence-corrected chi connectivity index (χ0v) is 10.0. The van der Waals surface area contributed by atoms with Gasteiger partial charge in [0.15, 0.2) is 0 Å². The molecule has 0 spiro atoms. The standard InChI is InChI=1S/C11H18N2O5/c14-8-4-9(11(16)17)13(5-8)10(15)3-7-6-18-2-1-12-7/h7-9,12,14H,1-6H2,(H,16,17). The van der Waals surface area contributed by atoms with Crippen molar-refractivity contribution < 1.29 is 24.5 Å². The van der Waals surface area contributed by atoms with Crippen LogP contribution in [0.25, 0.3) is 0 Å². The molecule has 0 bridgehead atoms. The zero-order chi connectivity index (χ0) is 13.1. The Kier molecular flexibility index (Phi) is 4.15. The number of carboxylic acid groups (broad SMARTS) is 1. The van der Waals surface area contributed by atoms with Gasteiger partial charge in [-0.05, 0) is 0 Å². The molecule has 2 aliphatic rings. The van der Waals surface area contributed by atoms with Gasteiger partial charge in [-0.3, -0.25) is 4.79 Å². The summed E-state index contributed by atoms with van der Waals surface area (Å²) in [7, 11) is 0. The summed E-state index contributed by atoms with van der Waals surface area (Å²) in [6.07, 6.45) is -0.433. The fourth-order valence-corrected chi connectivity index (χ4v) is 2.40. The quantitative estimate of drug-likeness (QED) is 0.564. The van der Waals surface area contributed by atoms with Crippen molar-refractivity contribution in [2.45, 2.75) is 31.0 Å². The Hall–Kier alpha value is -1.18. The number of morpholine rings is 1. The van der Waals surface area contributed by atoms with Gasteiger partial charge in [0, 0.05) is 32.0 Å². The highest BCUT2D eigenvalue weighted by molar-refractivity contribution is 5.84. The number of amides is 1. The van der Waals surface area contributed by atoms with Crippen LogP contribution in [0.2, 0.25) is 0 Å². The van der Waals surface area contributed by atoms with Gasteiger partial charge in [-0.1, -0.05) is 0 Å². The van der Waals surface area contributed by atoms with Crippen molar-refractivity contribution in [2.24, 2.45) is 0 Å². The largest absolute Gasteiger partial charge is 0.480 e. The Morgan fingerprint density at radius 2 is 2.22 bits per heavy atom. The van der Waals surface area contributed by atoms with Crippen molar-refractivity contribution in [3.05, 3.63) is 0 Å². The lowest BCUT2D eigenvalue weighted by Gasteiger charge is -2.27. The molecule has 2 aliphatic heterocycles. The first kappa shape index (κ1) is 13.3. The number of nitrogens with zero attached hydrogens (tertiary/aromatic N) is 1. The Balaban J connectivity index is 1.92. The van der Waals surface area contributed by atoms with E-state index in [1.54, 1.807) is 0 Å². The van der Waals surface area contributed by atoms with E-state index in [9.17, 15) is 14.7 Å². The van der Waals surface area contributed by atoms with Gasteiger partial charge in [0.2, 0.25) is 5.91 Å². The minimum Gasteiger partial charge on any atom is -0.480 e. The van der Waals surface area contributed by atoms with E-state index in [-0.39, 0.29) is 31.3 Å². The predicted octanol–water partition coefficient (Wildman–Crippen LogP) is -1.59. The fraction of sp³-hybridized carbons (Fsp3) is 0.818. The molecule has 7 heteroatoms. The van der Waals surface area contributed by atoms with Gasteiger partial charge in [-0.15, -0.1) is 0 Å². The maximum Gasteiger partial charge on any atom is 0.326 e. The molecule has 2 fully saturated rings. The second-order valence-corrected chi connectivity index (χ2v) is 4.72. The Labute approximate surface area is 105 Å². The van der Waals surface area contributed by atoms with Crippen LogP contribution in [0.3, 0.4) is 0 Å². The number of carbonyl (C=O) groups is 2. The third kappa shape index (κ3) is 2.98. The summed E-state index contributed by atoms with van der Waals surface area (Å²) >= 11 is 0. The lowest BCUT2D eigenvalue weighted by molar-refractivity contribution is -0.148. The molecule has 0 aliphatic carbocycles. The van der Waals surface area contributed by atoms with Gasteiger partial charge >= 0.3 is 5.97 Å². The fourth-order valence-electron chi connectivity index (χ4n) is 2.40. The number of aliphatic hydroxyl groups is 1. The molecule has 0 aromatic rings. The number of β-amino-alcohol motifs (C(OH)–C–C–N with tert-alkyl or cyclic N) is 1. The van der Waals surface area contributed by atoms with Gasteiger partial charge in [0.25, 0.3) is 0 Å². The molecule has 2 heterocycles. The van der Waals surface area contributed by atoms with Crippen molar-refractivity contribution in [1.82, 2.24) is 10.2 Å². The monoisotopic (exact) mass is 258 g/mol. The first-order valence-corrected chi connectivity index (χ1v) is 6.09. The molecule has 3 N–H and O–H groups in total. The van der Waals surface area contributed by atoms with Crippen LogP contribution in [0.4, 0.5) is 0 Å². The molecule has 2 rings (SSSR count). The van der Waals surface area contributed by atoms with Crippen molar-refractivity contribution in [3.8, 4) is 0 Å². The van der Waals surface area contributed by atoms with E-state index >= 15 is 0 Å². The van der Waals surface area contributed by atoms with Gasteiger partial charge in [-0.2, -0.15) is 0 Å². The number of nitrogens with one attached hydrogen (secondary N) is 1. The first-order chi connectivity index (χ1) is 8.58. The van der Waals surface area contributed by atoms with Crippen molar-refractivity contribution >= 4 is 11.9 Å². The van der Waals surface area contributed by atoms with Gasteiger partial charge in [0.1, 0.15) is 6.04 Å². The van der Waals surface area contributed by atoms with Crippen molar-refractivity contribution in [2.75, 3.05) is 26.3 Å². The number of hydrogen-bond acceptors (Lipinski definition) is 5. The summed E-state index contributed by atoms with van der Waals surface area (Å²) in [6.45, 7) is 1.89. The lowest BCUT2D eigenvalue weighted by Crippen LogP contribution is -2.47. The SMILES string of the molecule is O=C(O)C1CC(O)CN1C(=O)CC1COCCN1. The molecule has 1 amide bonds. The van der Waals surface area contributed by atoms with E-state index < -0.39 is 18.1 Å². The van der Waals surface area contributed by atoms with Crippen LogP contribution >= 0.6 is 0 Å². The molecule has 102 valence electrons. The molecule has 3 atom stereocenters. The van der Waals surface area contributed by atoms with Crippen LogP contribution in [0.1, 0.15) is 12.8 Å². The van der Waals surface area contributed by atoms with Gasteiger partial charge in [0.05, 0.1) is 19.3 Å². The molecular formula is C11H18N2O5. The maximum atomic E-state index is 12.0. The van der Waals surface area contributed by atoms with Gasteiger partial charge in [-0.25, -0.2) is 4.79 Å². The molecule has 0 radical (unpaired) electrons. The molecule has 3 unspecified atom stereocenters. The Bertz CT molecular complexity index is 329. The van der Waals surface area contributed by atoms with E-state index in [4.69, 9.17) is 9.84 Å². The summed E-state index contributed by atoms with van der Waals surface area (Å²) in [4.78, 5) is 24.3. The number of rotatable bonds is 3. The molecule has 0 aromatic carbocycles. The summed E-state index contributed by atoms with van der Waals surface area (Å²) < 4.78 is 5.24. The summed E-state index contributed by atoms with van der Waals surface area (Å²) in [5, 5.41) is 21.6. The number of carboxylic acids is 1. The number of aliphatic carboxylic acids is 1. The minimum atomic E-state index is -1.06. The summed E-state index contributed by atoms with van der Waals surface area (Å²) in [5.74, 6) is -1.31. The van der Waals surface area contributed by atoms with Crippen LogP contribution < -0.4 is 5.32 Å². The van der Waals surface area contributed by atoms with E-state index in [1.165, 1.54) is 4.90 Å². The highest BCUT2D eigenvalue weighted by Gasteiger charge is 2.39. The molecule has 0 aromatic heterocycles. The highest BCUT2D eigenvalue weighted by atomic mass is 16.5.